The molecule has 0 unspecified atom stereocenters. The first-order valence-corrected chi connectivity index (χ1v) is 7.13. The molecule has 0 aromatic rings. The summed E-state index contributed by atoms with van der Waals surface area (Å²) in [6, 6.07) is 0.333. The highest BCUT2D eigenvalue weighted by atomic mass is 16.3. The van der Waals surface area contributed by atoms with Gasteiger partial charge in [-0.25, -0.2) is 0 Å². The van der Waals surface area contributed by atoms with Crippen molar-refractivity contribution in [2.24, 2.45) is 5.73 Å². The average Bonchev–Trinajstić information content (AvgIpc) is 2.33. The van der Waals surface area contributed by atoms with Crippen LogP contribution in [0.1, 0.15) is 58.8 Å². The molecule has 1 rings (SSSR count). The van der Waals surface area contributed by atoms with Crippen molar-refractivity contribution < 1.29 is 9.90 Å². The van der Waals surface area contributed by atoms with Crippen molar-refractivity contribution in [1.29, 1.82) is 0 Å². The van der Waals surface area contributed by atoms with Crippen molar-refractivity contribution in [2.45, 2.75) is 70.4 Å². The van der Waals surface area contributed by atoms with E-state index < -0.39 is 0 Å². The van der Waals surface area contributed by atoms with Gasteiger partial charge in [0, 0.05) is 24.5 Å². The van der Waals surface area contributed by atoms with E-state index in [9.17, 15) is 4.79 Å². The molecule has 0 aromatic carbocycles. The predicted molar refractivity (Wildman–Crippen MR) is 73.2 cm³/mol. The molecule has 1 aliphatic carbocycles. The molecule has 0 spiro atoms. The maximum atomic E-state index is 12.2. The first kappa shape index (κ1) is 15.4. The van der Waals surface area contributed by atoms with Crippen LogP contribution in [0.3, 0.4) is 0 Å². The number of nitrogens with zero attached hydrogens (tertiary/aromatic N) is 1. The van der Waals surface area contributed by atoms with Gasteiger partial charge in [0.25, 0.3) is 0 Å². The summed E-state index contributed by atoms with van der Waals surface area (Å²) in [5, 5.41) is 9.13. The van der Waals surface area contributed by atoms with E-state index in [0.29, 0.717) is 25.4 Å². The Labute approximate surface area is 111 Å². The normalized spacial score (nSPS) is 17.8. The van der Waals surface area contributed by atoms with Gasteiger partial charge in [-0.05, 0) is 33.1 Å². The fourth-order valence-corrected chi connectivity index (χ4v) is 2.58. The predicted octanol–water partition coefficient (Wildman–Crippen LogP) is 1.66. The van der Waals surface area contributed by atoms with Gasteiger partial charge in [-0.15, -0.1) is 0 Å². The number of carbonyl (C=O) groups excluding carboxylic acids is 1. The summed E-state index contributed by atoms with van der Waals surface area (Å²) in [5.74, 6) is 0.148. The Bertz CT molecular complexity index is 255. The van der Waals surface area contributed by atoms with Crippen LogP contribution in [0.15, 0.2) is 0 Å². The molecule has 18 heavy (non-hydrogen) atoms. The molecule has 0 aromatic heterocycles. The van der Waals surface area contributed by atoms with E-state index in [1.165, 1.54) is 19.3 Å². The van der Waals surface area contributed by atoms with Crippen molar-refractivity contribution >= 4 is 5.91 Å². The number of amides is 1. The number of aliphatic hydroxyl groups is 1. The lowest BCUT2D eigenvalue weighted by molar-refractivity contribution is -0.135. The molecule has 0 saturated heterocycles. The second-order valence-corrected chi connectivity index (χ2v) is 6.09. The van der Waals surface area contributed by atoms with E-state index in [1.54, 1.807) is 0 Å². The van der Waals surface area contributed by atoms with E-state index in [4.69, 9.17) is 10.8 Å². The molecule has 1 fully saturated rings. The third-order valence-electron chi connectivity index (χ3n) is 3.66. The molecule has 0 atom stereocenters. The van der Waals surface area contributed by atoms with Crippen LogP contribution in [0.5, 0.6) is 0 Å². The van der Waals surface area contributed by atoms with Crippen molar-refractivity contribution in [3.63, 3.8) is 0 Å². The fraction of sp³-hybridized carbons (Fsp3) is 0.929. The summed E-state index contributed by atoms with van der Waals surface area (Å²) in [7, 11) is 0. The quantitative estimate of drug-likeness (QED) is 0.759. The van der Waals surface area contributed by atoms with Gasteiger partial charge in [-0.3, -0.25) is 4.79 Å². The van der Waals surface area contributed by atoms with Crippen molar-refractivity contribution in [1.82, 2.24) is 4.90 Å². The van der Waals surface area contributed by atoms with Gasteiger partial charge in [0.15, 0.2) is 0 Å². The monoisotopic (exact) mass is 256 g/mol. The Morgan fingerprint density at radius 1 is 1.33 bits per heavy atom. The highest BCUT2D eigenvalue weighted by molar-refractivity contribution is 5.76. The lowest BCUT2D eigenvalue weighted by Gasteiger charge is -2.34. The highest BCUT2D eigenvalue weighted by Crippen LogP contribution is 2.23. The van der Waals surface area contributed by atoms with Crippen LogP contribution in [-0.4, -0.2) is 40.6 Å². The van der Waals surface area contributed by atoms with E-state index in [1.807, 2.05) is 18.7 Å². The molecular formula is C14H28N2O2. The van der Waals surface area contributed by atoms with E-state index in [-0.39, 0.29) is 18.1 Å². The van der Waals surface area contributed by atoms with E-state index in [0.717, 1.165) is 12.8 Å². The van der Waals surface area contributed by atoms with Gasteiger partial charge in [-0.2, -0.15) is 0 Å². The second-order valence-electron chi connectivity index (χ2n) is 6.09. The van der Waals surface area contributed by atoms with Gasteiger partial charge in [-0.1, -0.05) is 19.3 Å². The lowest BCUT2D eigenvalue weighted by Crippen LogP contribution is -2.44. The molecule has 0 heterocycles. The maximum absolute atomic E-state index is 12.2. The zero-order valence-electron chi connectivity index (χ0n) is 11.8. The zero-order valence-corrected chi connectivity index (χ0v) is 11.8. The molecule has 1 aliphatic rings. The number of carbonyl (C=O) groups is 1. The van der Waals surface area contributed by atoms with E-state index >= 15 is 0 Å². The maximum Gasteiger partial charge on any atom is 0.222 e. The number of aliphatic hydroxyl groups excluding tert-OH is 1. The first-order valence-electron chi connectivity index (χ1n) is 7.13. The largest absolute Gasteiger partial charge is 0.395 e. The van der Waals surface area contributed by atoms with Crippen molar-refractivity contribution in [3.8, 4) is 0 Å². The van der Waals surface area contributed by atoms with Gasteiger partial charge in [0.2, 0.25) is 5.91 Å². The Kier molecular flexibility index (Phi) is 6.09. The molecule has 1 saturated carbocycles. The molecule has 0 aliphatic heterocycles. The van der Waals surface area contributed by atoms with Crippen LogP contribution < -0.4 is 5.73 Å². The minimum absolute atomic E-state index is 0.0499. The van der Waals surface area contributed by atoms with Crippen LogP contribution in [-0.2, 0) is 4.79 Å². The van der Waals surface area contributed by atoms with E-state index in [2.05, 4.69) is 0 Å². The van der Waals surface area contributed by atoms with Gasteiger partial charge in [0.05, 0.1) is 6.61 Å². The zero-order chi connectivity index (χ0) is 13.6. The topological polar surface area (TPSA) is 66.6 Å². The van der Waals surface area contributed by atoms with Crippen LogP contribution in [0, 0.1) is 0 Å². The first-order chi connectivity index (χ1) is 8.44. The SMILES string of the molecule is CC(C)(N)CCC(=O)N(CCO)C1CCCCC1. The van der Waals surface area contributed by atoms with Crippen molar-refractivity contribution in [3.05, 3.63) is 0 Å². The van der Waals surface area contributed by atoms with Gasteiger partial charge >= 0.3 is 0 Å². The van der Waals surface area contributed by atoms with Crippen LogP contribution >= 0.6 is 0 Å². The number of hydrogen-bond donors (Lipinski definition) is 2. The van der Waals surface area contributed by atoms with Gasteiger partial charge < -0.3 is 15.7 Å². The average molecular weight is 256 g/mol. The standard InChI is InChI=1S/C14H28N2O2/c1-14(2,15)9-8-13(18)16(10-11-17)12-6-4-3-5-7-12/h12,17H,3-11,15H2,1-2H3. The minimum atomic E-state index is -0.299. The lowest BCUT2D eigenvalue weighted by atomic mass is 9.93. The molecule has 4 heteroatoms. The smallest absolute Gasteiger partial charge is 0.222 e. The Hall–Kier alpha value is -0.610. The summed E-state index contributed by atoms with van der Waals surface area (Å²) in [6.07, 6.45) is 7.01. The Morgan fingerprint density at radius 2 is 1.94 bits per heavy atom. The van der Waals surface area contributed by atoms with Crippen LogP contribution in [0.25, 0.3) is 0 Å². The number of rotatable bonds is 6. The molecule has 0 radical (unpaired) electrons. The number of hydrogen-bond acceptors (Lipinski definition) is 3. The summed E-state index contributed by atoms with van der Waals surface area (Å²) in [4.78, 5) is 14.1. The summed E-state index contributed by atoms with van der Waals surface area (Å²) < 4.78 is 0. The van der Waals surface area contributed by atoms with Gasteiger partial charge in [0.1, 0.15) is 0 Å². The molecule has 1 amide bonds. The molecular weight excluding hydrogens is 228 g/mol. The minimum Gasteiger partial charge on any atom is -0.395 e. The Morgan fingerprint density at radius 3 is 2.44 bits per heavy atom. The summed E-state index contributed by atoms with van der Waals surface area (Å²) >= 11 is 0. The molecule has 106 valence electrons. The summed E-state index contributed by atoms with van der Waals surface area (Å²) in [6.45, 7) is 4.40. The van der Waals surface area contributed by atoms with Crippen LogP contribution in [0.4, 0.5) is 0 Å². The second kappa shape index (κ2) is 7.10. The van der Waals surface area contributed by atoms with Crippen molar-refractivity contribution in [2.75, 3.05) is 13.2 Å². The highest BCUT2D eigenvalue weighted by Gasteiger charge is 2.25. The molecule has 4 nitrogen and oxygen atoms in total. The number of nitrogens with two attached hydrogens (primary N) is 1. The molecule has 0 bridgehead atoms. The van der Waals surface area contributed by atoms with Crippen LogP contribution in [0.2, 0.25) is 0 Å². The summed E-state index contributed by atoms with van der Waals surface area (Å²) in [5.41, 5.74) is 5.62. The Balaban J connectivity index is 2.51. The third kappa shape index (κ3) is 5.36. The fourth-order valence-electron chi connectivity index (χ4n) is 2.58. The third-order valence-corrected chi connectivity index (χ3v) is 3.66. The molecule has 3 N–H and O–H groups in total.